The maximum absolute atomic E-state index is 14.2. The summed E-state index contributed by atoms with van der Waals surface area (Å²) in [7, 11) is 0. The molecule has 31 heavy (non-hydrogen) atoms. The highest BCUT2D eigenvalue weighted by Gasteiger charge is 2.23. The molecule has 0 amide bonds. The second-order valence-corrected chi connectivity index (χ2v) is 8.20. The molecule has 0 heterocycles. The van der Waals surface area contributed by atoms with E-state index in [0.717, 1.165) is 36.1 Å². The Labute approximate surface area is 185 Å². The Morgan fingerprint density at radius 2 is 1.68 bits per heavy atom. The van der Waals surface area contributed by atoms with Crippen LogP contribution in [0.4, 0.5) is 4.39 Å². The van der Waals surface area contributed by atoms with Crippen molar-refractivity contribution in [1.82, 2.24) is 0 Å². The van der Waals surface area contributed by atoms with Crippen molar-refractivity contribution in [2.75, 3.05) is 0 Å². The smallest absolute Gasteiger partial charge is 0.165 e. The van der Waals surface area contributed by atoms with Crippen LogP contribution in [0.25, 0.3) is 0 Å². The van der Waals surface area contributed by atoms with Gasteiger partial charge < -0.3 is 9.47 Å². The van der Waals surface area contributed by atoms with E-state index < -0.39 is 0 Å². The first-order valence-corrected chi connectivity index (χ1v) is 10.7. The van der Waals surface area contributed by atoms with Gasteiger partial charge in [-0.1, -0.05) is 42.3 Å². The van der Waals surface area contributed by atoms with Gasteiger partial charge in [0.1, 0.15) is 11.5 Å². The Balaban J connectivity index is 1.64. The molecule has 3 rings (SSSR count). The average Bonchev–Trinajstić information content (AvgIpc) is 2.76. The quantitative estimate of drug-likeness (QED) is 0.340. The first kappa shape index (κ1) is 22.4. The van der Waals surface area contributed by atoms with E-state index >= 15 is 0 Å². The molecule has 0 aliphatic heterocycles. The number of halogens is 1. The lowest BCUT2D eigenvalue weighted by molar-refractivity contribution is 0.242. The third kappa shape index (κ3) is 6.12. The van der Waals surface area contributed by atoms with Gasteiger partial charge in [-0.2, -0.15) is 0 Å². The Bertz CT molecular complexity index is 1020. The summed E-state index contributed by atoms with van der Waals surface area (Å²) in [5, 5.41) is 0. The molecule has 0 fully saturated rings. The van der Waals surface area contributed by atoms with Crippen LogP contribution in [0.15, 0.2) is 72.8 Å². The minimum absolute atomic E-state index is 0.135. The van der Waals surface area contributed by atoms with Gasteiger partial charge in [0.05, 0.1) is 11.5 Å². The number of hydrogen-bond donors (Lipinski definition) is 0. The summed E-state index contributed by atoms with van der Waals surface area (Å²) < 4.78 is 25.6. The van der Waals surface area contributed by atoms with E-state index in [-0.39, 0.29) is 23.1 Å². The molecule has 3 heteroatoms. The molecule has 0 bridgehead atoms. The molecular weight excluding hydrogens is 387 g/mol. The van der Waals surface area contributed by atoms with Gasteiger partial charge in [0.2, 0.25) is 0 Å². The van der Waals surface area contributed by atoms with Crippen LogP contribution < -0.4 is 9.47 Å². The normalized spacial score (nSPS) is 12.8. The summed E-state index contributed by atoms with van der Waals surface area (Å²) in [5.41, 5.74) is 1.74. The number of benzene rings is 3. The molecule has 0 saturated heterocycles. The van der Waals surface area contributed by atoms with Gasteiger partial charge in [-0.25, -0.2) is 4.39 Å². The van der Waals surface area contributed by atoms with Crippen molar-refractivity contribution in [1.29, 1.82) is 0 Å². The minimum atomic E-state index is -0.375. The summed E-state index contributed by atoms with van der Waals surface area (Å²) in [4.78, 5) is 0. The highest BCUT2D eigenvalue weighted by molar-refractivity contribution is 5.38. The third-order valence-corrected chi connectivity index (χ3v) is 5.29. The van der Waals surface area contributed by atoms with E-state index in [0.29, 0.717) is 5.75 Å². The number of para-hydroxylation sites is 1. The standard InChI is InChI=1S/C28H29FO2/c1-5-28(4,23-14-16-25(17-15-23)30-21(2)3)19-9-10-22-13-18-26(29)27(20-22)31-24-11-7-6-8-12-24/h1,6-8,11-18,20-21H,9-10,19H2,2-4H3. The average molecular weight is 417 g/mol. The molecule has 0 radical (unpaired) electrons. The van der Waals surface area contributed by atoms with Gasteiger partial charge in [0.25, 0.3) is 0 Å². The molecule has 0 N–H and O–H groups in total. The molecule has 1 unspecified atom stereocenters. The lowest BCUT2D eigenvalue weighted by Crippen LogP contribution is -2.19. The zero-order chi connectivity index (χ0) is 22.3. The monoisotopic (exact) mass is 416 g/mol. The van der Waals surface area contributed by atoms with Gasteiger partial charge in [0.15, 0.2) is 11.6 Å². The molecule has 0 aliphatic rings. The fraction of sp³-hybridized carbons (Fsp3) is 0.286. The second-order valence-electron chi connectivity index (χ2n) is 8.20. The number of hydrogen-bond acceptors (Lipinski definition) is 2. The predicted octanol–water partition coefficient (Wildman–Crippen LogP) is 7.32. The van der Waals surface area contributed by atoms with Gasteiger partial charge in [-0.3, -0.25) is 0 Å². The molecule has 160 valence electrons. The Kier molecular flexibility index (Phi) is 7.36. The van der Waals surface area contributed by atoms with E-state index in [2.05, 4.69) is 12.8 Å². The van der Waals surface area contributed by atoms with Crippen LogP contribution >= 0.6 is 0 Å². The highest BCUT2D eigenvalue weighted by Crippen LogP contribution is 2.31. The van der Waals surface area contributed by atoms with Crippen LogP contribution in [0.3, 0.4) is 0 Å². The predicted molar refractivity (Wildman–Crippen MR) is 124 cm³/mol. The summed E-state index contributed by atoms with van der Waals surface area (Å²) in [6.45, 7) is 6.09. The van der Waals surface area contributed by atoms with E-state index in [9.17, 15) is 4.39 Å². The zero-order valence-corrected chi connectivity index (χ0v) is 18.4. The van der Waals surface area contributed by atoms with Crippen molar-refractivity contribution in [2.45, 2.75) is 51.6 Å². The molecular formula is C28H29FO2. The lowest BCUT2D eigenvalue weighted by Gasteiger charge is -2.25. The zero-order valence-electron chi connectivity index (χ0n) is 18.4. The van der Waals surface area contributed by atoms with Gasteiger partial charge in [-0.15, -0.1) is 6.42 Å². The Morgan fingerprint density at radius 3 is 2.32 bits per heavy atom. The largest absolute Gasteiger partial charge is 0.491 e. The molecule has 3 aromatic carbocycles. The number of ether oxygens (including phenoxy) is 2. The number of rotatable bonds is 9. The Morgan fingerprint density at radius 1 is 0.968 bits per heavy atom. The maximum Gasteiger partial charge on any atom is 0.165 e. The van der Waals surface area contributed by atoms with E-state index in [4.69, 9.17) is 15.9 Å². The summed E-state index contributed by atoms with van der Waals surface area (Å²) in [5.74, 6) is 4.30. The summed E-state index contributed by atoms with van der Waals surface area (Å²) in [6.07, 6.45) is 8.54. The third-order valence-electron chi connectivity index (χ3n) is 5.29. The van der Waals surface area contributed by atoms with Crippen molar-refractivity contribution >= 4 is 0 Å². The summed E-state index contributed by atoms with van der Waals surface area (Å²) >= 11 is 0. The topological polar surface area (TPSA) is 18.5 Å². The lowest BCUT2D eigenvalue weighted by atomic mass is 9.78. The minimum Gasteiger partial charge on any atom is -0.491 e. The van der Waals surface area contributed by atoms with Crippen molar-refractivity contribution in [3.8, 4) is 29.6 Å². The molecule has 3 aromatic rings. The van der Waals surface area contributed by atoms with Gasteiger partial charge in [0, 0.05) is 0 Å². The fourth-order valence-corrected chi connectivity index (χ4v) is 3.52. The van der Waals surface area contributed by atoms with Crippen LogP contribution in [0, 0.1) is 18.2 Å². The van der Waals surface area contributed by atoms with Crippen LogP contribution in [0.5, 0.6) is 17.2 Å². The van der Waals surface area contributed by atoms with Crippen molar-refractivity contribution in [3.05, 3.63) is 89.7 Å². The van der Waals surface area contributed by atoms with Crippen LogP contribution in [0.1, 0.15) is 44.7 Å². The molecule has 0 spiro atoms. The molecule has 0 saturated carbocycles. The van der Waals surface area contributed by atoms with Crippen LogP contribution in [-0.4, -0.2) is 6.10 Å². The Hall–Kier alpha value is -3.25. The molecule has 2 nitrogen and oxygen atoms in total. The number of aryl methyl sites for hydroxylation is 1. The second kappa shape index (κ2) is 10.2. The van der Waals surface area contributed by atoms with Gasteiger partial charge in [-0.05, 0) is 87.6 Å². The first-order chi connectivity index (χ1) is 14.9. The maximum atomic E-state index is 14.2. The highest BCUT2D eigenvalue weighted by atomic mass is 19.1. The van der Waals surface area contributed by atoms with E-state index in [1.54, 1.807) is 12.1 Å². The molecule has 0 aliphatic carbocycles. The van der Waals surface area contributed by atoms with E-state index in [1.807, 2.05) is 68.4 Å². The summed E-state index contributed by atoms with van der Waals surface area (Å²) in [6, 6.07) is 22.3. The molecule has 1 atom stereocenters. The van der Waals surface area contributed by atoms with E-state index in [1.165, 1.54) is 6.07 Å². The van der Waals surface area contributed by atoms with Gasteiger partial charge >= 0.3 is 0 Å². The number of terminal acetylenes is 1. The van der Waals surface area contributed by atoms with Crippen molar-refractivity contribution < 1.29 is 13.9 Å². The van der Waals surface area contributed by atoms with Crippen LogP contribution in [-0.2, 0) is 11.8 Å². The first-order valence-electron chi connectivity index (χ1n) is 10.7. The fourth-order valence-electron chi connectivity index (χ4n) is 3.52. The molecule has 0 aromatic heterocycles. The SMILES string of the molecule is C#CC(C)(CCCc1ccc(F)c(Oc2ccccc2)c1)c1ccc(OC(C)C)cc1. The van der Waals surface area contributed by atoms with Crippen LogP contribution in [0.2, 0.25) is 0 Å². The van der Waals surface area contributed by atoms with Crippen molar-refractivity contribution in [2.24, 2.45) is 0 Å². The van der Waals surface area contributed by atoms with Crippen molar-refractivity contribution in [3.63, 3.8) is 0 Å².